The highest BCUT2D eigenvalue weighted by Gasteiger charge is 2.19. The van der Waals surface area contributed by atoms with Crippen molar-refractivity contribution < 1.29 is 4.63 Å². The lowest BCUT2D eigenvalue weighted by Crippen LogP contribution is -1.90. The highest BCUT2D eigenvalue weighted by atomic mass is 32.1. The molecule has 0 saturated heterocycles. The van der Waals surface area contributed by atoms with Crippen LogP contribution in [-0.2, 0) is 6.42 Å². The summed E-state index contributed by atoms with van der Waals surface area (Å²) in [6, 6.07) is 0. The van der Waals surface area contributed by atoms with Gasteiger partial charge in [0.15, 0.2) is 11.5 Å². The lowest BCUT2D eigenvalue weighted by atomic mass is 10.1. The first-order chi connectivity index (χ1) is 8.31. The molecule has 3 aromatic rings. The average Bonchev–Trinajstić information content (AvgIpc) is 2.91. The Morgan fingerprint density at radius 3 is 3.00 bits per heavy atom. The zero-order valence-electron chi connectivity index (χ0n) is 9.04. The Hall–Kier alpha value is -2.02. The summed E-state index contributed by atoms with van der Waals surface area (Å²) >= 11 is 1.55. The van der Waals surface area contributed by atoms with Crippen LogP contribution < -0.4 is 5.73 Å². The van der Waals surface area contributed by atoms with Gasteiger partial charge in [0.05, 0.1) is 15.1 Å². The Morgan fingerprint density at radius 1 is 1.41 bits per heavy atom. The van der Waals surface area contributed by atoms with Crippen LogP contribution in [0.1, 0.15) is 12.5 Å². The van der Waals surface area contributed by atoms with Gasteiger partial charge in [-0.05, 0) is 22.3 Å². The Labute approximate surface area is 100 Å². The molecule has 0 saturated carbocycles. The molecule has 0 aliphatic rings. The SMILES string of the molecule is CCc1c(-c2nonc2N)sc2cncnc12. The van der Waals surface area contributed by atoms with E-state index in [1.165, 1.54) is 0 Å². The zero-order valence-corrected chi connectivity index (χ0v) is 9.86. The molecule has 3 heterocycles. The first-order valence-corrected chi connectivity index (χ1v) is 5.92. The van der Waals surface area contributed by atoms with Gasteiger partial charge in [0.2, 0.25) is 0 Å². The molecule has 17 heavy (non-hydrogen) atoms. The summed E-state index contributed by atoms with van der Waals surface area (Å²) in [5.74, 6) is 0.305. The summed E-state index contributed by atoms with van der Waals surface area (Å²) in [5.41, 5.74) is 8.36. The van der Waals surface area contributed by atoms with Crippen molar-refractivity contribution in [3.8, 4) is 10.6 Å². The van der Waals surface area contributed by atoms with Crippen LogP contribution >= 0.6 is 11.3 Å². The van der Waals surface area contributed by atoms with E-state index < -0.39 is 0 Å². The number of hydrogen-bond acceptors (Lipinski definition) is 7. The summed E-state index contributed by atoms with van der Waals surface area (Å²) in [7, 11) is 0. The number of hydrogen-bond donors (Lipinski definition) is 1. The summed E-state index contributed by atoms with van der Waals surface area (Å²) in [4.78, 5) is 9.27. The van der Waals surface area contributed by atoms with Gasteiger partial charge >= 0.3 is 0 Å². The second-order valence-electron chi connectivity index (χ2n) is 3.50. The van der Waals surface area contributed by atoms with Crippen LogP contribution in [0.15, 0.2) is 17.2 Å². The summed E-state index contributed by atoms with van der Waals surface area (Å²) < 4.78 is 5.66. The van der Waals surface area contributed by atoms with Gasteiger partial charge in [-0.1, -0.05) is 6.92 Å². The molecule has 3 aromatic heterocycles. The molecule has 0 aliphatic heterocycles. The number of rotatable bonds is 2. The van der Waals surface area contributed by atoms with Crippen LogP contribution in [0.5, 0.6) is 0 Å². The fraction of sp³-hybridized carbons (Fsp3) is 0.200. The van der Waals surface area contributed by atoms with E-state index in [0.717, 1.165) is 27.1 Å². The number of aryl methyl sites for hydroxylation is 1. The van der Waals surface area contributed by atoms with Crippen molar-refractivity contribution in [3.63, 3.8) is 0 Å². The van der Waals surface area contributed by atoms with Crippen molar-refractivity contribution in [3.05, 3.63) is 18.1 Å². The maximum Gasteiger partial charge on any atom is 0.197 e. The largest absolute Gasteiger partial charge is 0.379 e. The molecule has 0 spiro atoms. The third kappa shape index (κ3) is 1.47. The number of thiophene rings is 1. The van der Waals surface area contributed by atoms with E-state index in [0.29, 0.717) is 11.5 Å². The standard InChI is InChI=1S/C10H9N5OS/c1-2-5-7-6(3-12-4-13-7)17-9(5)8-10(11)15-16-14-8/h3-4H,2H2,1H3,(H2,11,15). The van der Waals surface area contributed by atoms with Crippen molar-refractivity contribution in [2.45, 2.75) is 13.3 Å². The number of nitrogens with zero attached hydrogens (tertiary/aromatic N) is 4. The summed E-state index contributed by atoms with van der Waals surface area (Å²) in [5, 5.41) is 7.44. The molecule has 0 bridgehead atoms. The Kier molecular flexibility index (Phi) is 2.25. The number of nitrogens with two attached hydrogens (primary N) is 1. The molecule has 0 aliphatic carbocycles. The Balaban J connectivity index is 2.33. The minimum Gasteiger partial charge on any atom is -0.379 e. The smallest absolute Gasteiger partial charge is 0.197 e. The molecule has 86 valence electrons. The van der Waals surface area contributed by atoms with E-state index in [1.54, 1.807) is 23.9 Å². The molecule has 0 atom stereocenters. The van der Waals surface area contributed by atoms with Crippen LogP contribution in [0.4, 0.5) is 5.82 Å². The van der Waals surface area contributed by atoms with Gasteiger partial charge in [-0.15, -0.1) is 11.3 Å². The van der Waals surface area contributed by atoms with E-state index in [1.807, 2.05) is 0 Å². The molecule has 6 nitrogen and oxygen atoms in total. The van der Waals surface area contributed by atoms with E-state index in [4.69, 9.17) is 5.73 Å². The second-order valence-corrected chi connectivity index (χ2v) is 4.55. The highest BCUT2D eigenvalue weighted by Crippen LogP contribution is 2.38. The Morgan fingerprint density at radius 2 is 2.29 bits per heavy atom. The van der Waals surface area contributed by atoms with E-state index in [-0.39, 0.29) is 0 Å². The molecule has 0 radical (unpaired) electrons. The van der Waals surface area contributed by atoms with Crippen LogP contribution in [0.25, 0.3) is 20.8 Å². The van der Waals surface area contributed by atoms with Gasteiger partial charge < -0.3 is 5.73 Å². The van der Waals surface area contributed by atoms with E-state index >= 15 is 0 Å². The molecule has 0 amide bonds. The van der Waals surface area contributed by atoms with Gasteiger partial charge in [0.1, 0.15) is 6.33 Å². The van der Waals surface area contributed by atoms with Crippen LogP contribution in [0.3, 0.4) is 0 Å². The molecule has 0 unspecified atom stereocenters. The minimum absolute atomic E-state index is 0.305. The van der Waals surface area contributed by atoms with Gasteiger partial charge in [0.25, 0.3) is 0 Å². The molecule has 3 rings (SSSR count). The molecule has 2 N–H and O–H groups in total. The zero-order chi connectivity index (χ0) is 11.8. The van der Waals surface area contributed by atoms with Crippen molar-refractivity contribution in [2.75, 3.05) is 5.73 Å². The van der Waals surface area contributed by atoms with Crippen molar-refractivity contribution in [2.24, 2.45) is 0 Å². The highest BCUT2D eigenvalue weighted by molar-refractivity contribution is 7.22. The van der Waals surface area contributed by atoms with Crippen molar-refractivity contribution >= 4 is 27.4 Å². The number of anilines is 1. The lowest BCUT2D eigenvalue weighted by molar-refractivity contribution is 0.310. The molecule has 0 aromatic carbocycles. The number of aromatic nitrogens is 4. The van der Waals surface area contributed by atoms with Gasteiger partial charge in [-0.2, -0.15) is 0 Å². The third-order valence-electron chi connectivity index (χ3n) is 2.53. The molecular formula is C10H9N5OS. The average molecular weight is 247 g/mol. The molecule has 7 heteroatoms. The predicted molar refractivity (Wildman–Crippen MR) is 64.5 cm³/mol. The van der Waals surface area contributed by atoms with Crippen LogP contribution in [-0.4, -0.2) is 20.3 Å². The maximum absolute atomic E-state index is 5.72. The molecular weight excluding hydrogens is 238 g/mol. The van der Waals surface area contributed by atoms with Gasteiger partial charge in [-0.3, -0.25) is 0 Å². The fourth-order valence-electron chi connectivity index (χ4n) is 1.77. The first kappa shape index (κ1) is 10.2. The second kappa shape index (κ2) is 3.77. The van der Waals surface area contributed by atoms with Gasteiger partial charge in [-0.25, -0.2) is 14.6 Å². The maximum atomic E-state index is 5.72. The van der Waals surface area contributed by atoms with E-state index in [2.05, 4.69) is 31.8 Å². The lowest BCUT2D eigenvalue weighted by Gasteiger charge is -1.96. The summed E-state index contributed by atoms with van der Waals surface area (Å²) in [6.07, 6.45) is 4.18. The van der Waals surface area contributed by atoms with E-state index in [9.17, 15) is 0 Å². The van der Waals surface area contributed by atoms with Crippen LogP contribution in [0.2, 0.25) is 0 Å². The monoisotopic (exact) mass is 247 g/mol. The molecule has 0 fully saturated rings. The topological polar surface area (TPSA) is 90.7 Å². The number of nitrogen functional groups attached to an aromatic ring is 1. The summed E-state index contributed by atoms with van der Waals surface area (Å²) in [6.45, 7) is 2.07. The third-order valence-corrected chi connectivity index (χ3v) is 3.70. The van der Waals surface area contributed by atoms with Crippen LogP contribution in [0, 0.1) is 0 Å². The fourth-order valence-corrected chi connectivity index (χ4v) is 2.98. The number of fused-ring (bicyclic) bond motifs is 1. The van der Waals surface area contributed by atoms with Crippen molar-refractivity contribution in [1.82, 2.24) is 20.3 Å². The quantitative estimate of drug-likeness (QED) is 0.743. The Bertz CT molecular complexity index is 674. The first-order valence-electron chi connectivity index (χ1n) is 5.11. The minimum atomic E-state index is 0.305. The van der Waals surface area contributed by atoms with Crippen molar-refractivity contribution in [1.29, 1.82) is 0 Å². The van der Waals surface area contributed by atoms with Gasteiger partial charge in [0, 0.05) is 6.20 Å². The predicted octanol–water partition coefficient (Wildman–Crippen LogP) is 1.89. The normalized spacial score (nSPS) is 11.1.